The van der Waals surface area contributed by atoms with Crippen LogP contribution in [0, 0.1) is 0 Å². The van der Waals surface area contributed by atoms with Crippen molar-refractivity contribution < 1.29 is 24.3 Å². The first-order valence-corrected chi connectivity index (χ1v) is 8.54. The first kappa shape index (κ1) is 23.1. The quantitative estimate of drug-likeness (QED) is 0.138. The lowest BCUT2D eigenvalue weighted by Gasteiger charge is -2.22. The number of hydrogen-bond donors (Lipinski definition) is 7. The van der Waals surface area contributed by atoms with Crippen LogP contribution in [-0.2, 0) is 19.2 Å². The van der Waals surface area contributed by atoms with Crippen LogP contribution in [-0.4, -0.2) is 59.2 Å². The van der Waals surface area contributed by atoms with E-state index in [2.05, 4.69) is 23.3 Å². The molecule has 144 valence electrons. The second-order valence-electron chi connectivity index (χ2n) is 5.54. The van der Waals surface area contributed by atoms with Crippen molar-refractivity contribution in [2.75, 3.05) is 12.3 Å². The van der Waals surface area contributed by atoms with E-state index in [9.17, 15) is 19.2 Å². The van der Waals surface area contributed by atoms with Crippen molar-refractivity contribution in [3.8, 4) is 0 Å². The zero-order valence-corrected chi connectivity index (χ0v) is 14.8. The van der Waals surface area contributed by atoms with E-state index < -0.39 is 41.8 Å². The Balaban J connectivity index is 4.84. The molecule has 0 radical (unpaired) electrons. The molecule has 3 amide bonds. The Kier molecular flexibility index (Phi) is 11.6. The molecule has 0 fully saturated rings. The smallest absolute Gasteiger partial charge is 0.327 e. The fourth-order valence-electron chi connectivity index (χ4n) is 1.93. The van der Waals surface area contributed by atoms with Crippen LogP contribution in [0.25, 0.3) is 0 Å². The molecule has 0 aromatic carbocycles. The predicted molar refractivity (Wildman–Crippen MR) is 94.7 cm³/mol. The number of carbonyl (C=O) groups is 4. The minimum Gasteiger partial charge on any atom is -0.480 e. The summed E-state index contributed by atoms with van der Waals surface area (Å²) in [5, 5.41) is 13.8. The molecule has 0 aromatic heterocycles. The van der Waals surface area contributed by atoms with Crippen molar-refractivity contribution in [2.24, 2.45) is 17.2 Å². The van der Waals surface area contributed by atoms with E-state index in [1.807, 2.05) is 0 Å². The van der Waals surface area contributed by atoms with Gasteiger partial charge in [0.2, 0.25) is 17.7 Å². The van der Waals surface area contributed by atoms with Gasteiger partial charge in [-0.2, -0.15) is 12.6 Å². The number of aliphatic carboxylic acids is 1. The average molecular weight is 377 g/mol. The maximum Gasteiger partial charge on any atom is 0.327 e. The van der Waals surface area contributed by atoms with Crippen LogP contribution < -0.4 is 27.8 Å². The Labute approximate surface area is 151 Å². The lowest BCUT2D eigenvalue weighted by molar-refractivity contribution is -0.141. The number of carbonyl (C=O) groups excluding carboxylic acids is 3. The topological polar surface area (TPSA) is 191 Å². The van der Waals surface area contributed by atoms with Crippen LogP contribution in [0.15, 0.2) is 0 Å². The Bertz CT molecular complexity index is 477. The molecule has 3 atom stereocenters. The molecular formula is C14H27N5O5S. The van der Waals surface area contributed by atoms with E-state index in [0.29, 0.717) is 19.4 Å². The third-order valence-electron chi connectivity index (χ3n) is 3.42. The van der Waals surface area contributed by atoms with Crippen molar-refractivity contribution in [3.63, 3.8) is 0 Å². The molecule has 0 aromatic rings. The molecule has 9 N–H and O–H groups in total. The predicted octanol–water partition coefficient (Wildman–Crippen LogP) is -2.31. The Morgan fingerprint density at radius 2 is 1.60 bits per heavy atom. The van der Waals surface area contributed by atoms with Gasteiger partial charge in [0, 0.05) is 12.2 Å². The summed E-state index contributed by atoms with van der Waals surface area (Å²) in [7, 11) is 0. The highest BCUT2D eigenvalue weighted by Gasteiger charge is 2.27. The van der Waals surface area contributed by atoms with E-state index >= 15 is 0 Å². The van der Waals surface area contributed by atoms with Gasteiger partial charge < -0.3 is 32.9 Å². The summed E-state index contributed by atoms with van der Waals surface area (Å²) in [6.45, 7) is 0.425. The molecule has 0 spiro atoms. The normalized spacial score (nSPS) is 14.2. The average Bonchev–Trinajstić information content (AvgIpc) is 2.55. The number of primary amides is 1. The molecule has 0 unspecified atom stereocenters. The lowest BCUT2D eigenvalue weighted by Crippen LogP contribution is -2.54. The number of amides is 3. The van der Waals surface area contributed by atoms with E-state index in [0.717, 1.165) is 0 Å². The van der Waals surface area contributed by atoms with Crippen molar-refractivity contribution in [1.82, 2.24) is 10.6 Å². The van der Waals surface area contributed by atoms with Gasteiger partial charge in [0.1, 0.15) is 12.1 Å². The maximum atomic E-state index is 12.3. The molecule has 0 bridgehead atoms. The number of thiol groups is 1. The summed E-state index contributed by atoms with van der Waals surface area (Å²) in [6, 6.07) is -3.13. The van der Waals surface area contributed by atoms with Gasteiger partial charge in [-0.15, -0.1) is 0 Å². The molecule has 0 saturated heterocycles. The SMILES string of the molecule is NCCCC[C@H](NC(=O)[C@@H](N)CCC(N)=O)C(=O)N[C@@H](CS)C(=O)O. The van der Waals surface area contributed by atoms with Crippen LogP contribution in [0.2, 0.25) is 0 Å². The first-order valence-electron chi connectivity index (χ1n) is 7.91. The summed E-state index contributed by atoms with van der Waals surface area (Å²) < 4.78 is 0. The molecule has 0 rings (SSSR count). The van der Waals surface area contributed by atoms with Crippen molar-refractivity contribution in [2.45, 2.75) is 50.2 Å². The van der Waals surface area contributed by atoms with E-state index in [4.69, 9.17) is 22.3 Å². The van der Waals surface area contributed by atoms with E-state index in [1.165, 1.54) is 0 Å². The summed E-state index contributed by atoms with van der Waals surface area (Å²) in [5.74, 6) is -3.17. The third-order valence-corrected chi connectivity index (χ3v) is 3.78. The number of carboxylic acid groups (broad SMARTS) is 1. The van der Waals surface area contributed by atoms with Gasteiger partial charge in [-0.1, -0.05) is 0 Å². The van der Waals surface area contributed by atoms with Crippen molar-refractivity contribution in [3.05, 3.63) is 0 Å². The lowest BCUT2D eigenvalue weighted by atomic mass is 10.1. The largest absolute Gasteiger partial charge is 0.480 e. The van der Waals surface area contributed by atoms with Gasteiger partial charge in [0.15, 0.2) is 0 Å². The molecule has 11 heteroatoms. The fraction of sp³-hybridized carbons (Fsp3) is 0.714. The van der Waals surface area contributed by atoms with E-state index in [-0.39, 0.29) is 25.0 Å². The Morgan fingerprint density at radius 3 is 2.08 bits per heavy atom. The first-order chi connectivity index (χ1) is 11.7. The standard InChI is InChI=1S/C14H27N5O5S/c15-6-2-1-3-9(13(22)19-10(7-25)14(23)24)18-12(21)8(16)4-5-11(17)20/h8-10,25H,1-7,15-16H2,(H2,17,20)(H,18,21)(H,19,22)(H,23,24)/t8-,9-,10-/m0/s1. The van der Waals surface area contributed by atoms with Gasteiger partial charge in [-0.05, 0) is 32.2 Å². The van der Waals surface area contributed by atoms with Crippen molar-refractivity contribution >= 4 is 36.3 Å². The molecule has 0 aliphatic carbocycles. The van der Waals surface area contributed by atoms with Gasteiger partial charge in [-0.3, -0.25) is 14.4 Å². The van der Waals surface area contributed by atoms with Crippen molar-refractivity contribution in [1.29, 1.82) is 0 Å². The van der Waals surface area contributed by atoms with Crippen LogP contribution in [0.4, 0.5) is 0 Å². The van der Waals surface area contributed by atoms with Crippen LogP contribution >= 0.6 is 12.6 Å². The zero-order chi connectivity index (χ0) is 19.4. The summed E-state index contributed by atoms with van der Waals surface area (Å²) in [4.78, 5) is 46.1. The monoisotopic (exact) mass is 377 g/mol. The number of nitrogens with two attached hydrogens (primary N) is 3. The fourth-order valence-corrected chi connectivity index (χ4v) is 2.17. The number of unbranched alkanes of at least 4 members (excludes halogenated alkanes) is 1. The molecule has 0 saturated carbocycles. The Hall–Kier alpha value is -1.85. The number of carboxylic acids is 1. The summed E-state index contributed by atoms with van der Waals surface area (Å²) in [6.07, 6.45) is 1.47. The highest BCUT2D eigenvalue weighted by atomic mass is 32.1. The van der Waals surface area contributed by atoms with Crippen LogP contribution in [0.1, 0.15) is 32.1 Å². The molecule has 10 nitrogen and oxygen atoms in total. The van der Waals surface area contributed by atoms with Crippen LogP contribution in [0.3, 0.4) is 0 Å². The highest BCUT2D eigenvalue weighted by Crippen LogP contribution is 2.04. The maximum absolute atomic E-state index is 12.3. The molecular weight excluding hydrogens is 350 g/mol. The molecule has 0 heterocycles. The van der Waals surface area contributed by atoms with E-state index in [1.54, 1.807) is 0 Å². The second kappa shape index (κ2) is 12.5. The minimum absolute atomic E-state index is 0.0483. The minimum atomic E-state index is -1.23. The zero-order valence-electron chi connectivity index (χ0n) is 13.9. The van der Waals surface area contributed by atoms with Gasteiger partial charge >= 0.3 is 5.97 Å². The number of rotatable bonds is 13. The number of hydrogen-bond acceptors (Lipinski definition) is 7. The van der Waals surface area contributed by atoms with Gasteiger partial charge in [-0.25, -0.2) is 4.79 Å². The van der Waals surface area contributed by atoms with Crippen LogP contribution in [0.5, 0.6) is 0 Å². The molecule has 0 aliphatic heterocycles. The summed E-state index contributed by atoms with van der Waals surface area (Å²) in [5.41, 5.74) is 16.1. The highest BCUT2D eigenvalue weighted by molar-refractivity contribution is 7.80. The Morgan fingerprint density at radius 1 is 1.00 bits per heavy atom. The van der Waals surface area contributed by atoms with Gasteiger partial charge in [0.05, 0.1) is 6.04 Å². The number of nitrogens with one attached hydrogen (secondary N) is 2. The second-order valence-corrected chi connectivity index (χ2v) is 5.90. The summed E-state index contributed by atoms with van der Waals surface area (Å²) >= 11 is 3.87. The van der Waals surface area contributed by atoms with Gasteiger partial charge in [0.25, 0.3) is 0 Å². The molecule has 25 heavy (non-hydrogen) atoms. The third kappa shape index (κ3) is 9.89. The molecule has 0 aliphatic rings.